The molecular weight excluding hydrogens is 280 g/mol. The Kier molecular flexibility index (Phi) is 4.40. The fourth-order valence-corrected chi connectivity index (χ4v) is 2.67. The summed E-state index contributed by atoms with van der Waals surface area (Å²) < 4.78 is 5.09. The molecule has 0 unspecified atom stereocenters. The number of ether oxygens (including phenoxy) is 1. The zero-order valence-electron chi connectivity index (χ0n) is 11.6. The Morgan fingerprint density at radius 1 is 1.45 bits per heavy atom. The maximum absolute atomic E-state index is 11.7. The summed E-state index contributed by atoms with van der Waals surface area (Å²) >= 11 is 6.07. The van der Waals surface area contributed by atoms with Crippen molar-refractivity contribution < 1.29 is 14.6 Å². The first-order chi connectivity index (χ1) is 9.47. The number of likely N-dealkylation sites (tertiary alicyclic amines) is 1. The first-order valence-corrected chi connectivity index (χ1v) is 6.88. The number of hydrogen-bond donors (Lipinski definition) is 2. The average Bonchev–Trinajstić information content (AvgIpc) is 2.41. The highest BCUT2D eigenvalue weighted by Gasteiger charge is 2.40. The quantitative estimate of drug-likeness (QED) is 0.893. The van der Waals surface area contributed by atoms with Gasteiger partial charge in [0.05, 0.1) is 12.1 Å². The Morgan fingerprint density at radius 2 is 2.10 bits per heavy atom. The van der Waals surface area contributed by atoms with Gasteiger partial charge in [-0.15, -0.1) is 0 Å². The summed E-state index contributed by atoms with van der Waals surface area (Å²) in [6.45, 7) is 1.51. The molecule has 5 nitrogen and oxygen atoms in total. The monoisotopic (exact) mass is 298 g/mol. The second-order valence-corrected chi connectivity index (χ2v) is 5.57. The van der Waals surface area contributed by atoms with Crippen molar-refractivity contribution in [2.24, 2.45) is 0 Å². The highest BCUT2D eigenvalue weighted by molar-refractivity contribution is 6.32. The third-order valence-corrected chi connectivity index (χ3v) is 4.08. The van der Waals surface area contributed by atoms with Gasteiger partial charge >= 0.3 is 5.97 Å². The molecule has 1 aromatic carbocycles. The second-order valence-electron chi connectivity index (χ2n) is 5.16. The van der Waals surface area contributed by atoms with Crippen LogP contribution in [0.5, 0.6) is 5.75 Å². The van der Waals surface area contributed by atoms with E-state index in [0.717, 1.165) is 13.1 Å². The molecule has 0 aromatic heterocycles. The first-order valence-electron chi connectivity index (χ1n) is 6.50. The molecule has 0 aliphatic carbocycles. The molecule has 1 aromatic rings. The van der Waals surface area contributed by atoms with Gasteiger partial charge in [0, 0.05) is 18.8 Å². The number of hydrogen-bond acceptors (Lipinski definition) is 4. The Morgan fingerprint density at radius 3 is 2.60 bits per heavy atom. The van der Waals surface area contributed by atoms with Crippen LogP contribution in [0.4, 0.5) is 5.69 Å². The highest BCUT2D eigenvalue weighted by Crippen LogP contribution is 2.31. The van der Waals surface area contributed by atoms with Crippen molar-refractivity contribution in [2.45, 2.75) is 18.4 Å². The minimum Gasteiger partial charge on any atom is -0.495 e. The zero-order chi connectivity index (χ0) is 14.8. The molecule has 1 heterocycles. The molecule has 2 rings (SSSR count). The van der Waals surface area contributed by atoms with Crippen LogP contribution < -0.4 is 10.1 Å². The summed E-state index contributed by atoms with van der Waals surface area (Å²) in [6, 6.07) is 5.21. The predicted molar refractivity (Wildman–Crippen MR) is 78.7 cm³/mol. The largest absolute Gasteiger partial charge is 0.495 e. The second kappa shape index (κ2) is 5.89. The smallest absolute Gasteiger partial charge is 0.329 e. The number of carboxylic acid groups (broad SMARTS) is 1. The van der Waals surface area contributed by atoms with Gasteiger partial charge in [-0.3, -0.25) is 0 Å². The van der Waals surface area contributed by atoms with Crippen molar-refractivity contribution in [3.8, 4) is 5.75 Å². The van der Waals surface area contributed by atoms with E-state index < -0.39 is 11.5 Å². The Balaban J connectivity index is 2.20. The fourth-order valence-electron chi connectivity index (χ4n) is 2.41. The van der Waals surface area contributed by atoms with Gasteiger partial charge in [0.15, 0.2) is 0 Å². The molecule has 0 amide bonds. The molecule has 2 N–H and O–H groups in total. The molecular formula is C14H19ClN2O3. The lowest BCUT2D eigenvalue weighted by atomic mass is 9.87. The molecule has 0 atom stereocenters. The number of anilines is 1. The summed E-state index contributed by atoms with van der Waals surface area (Å²) in [6.07, 6.45) is 1.12. The van der Waals surface area contributed by atoms with E-state index in [0.29, 0.717) is 29.3 Å². The third-order valence-electron chi connectivity index (χ3n) is 3.79. The van der Waals surface area contributed by atoms with E-state index in [-0.39, 0.29) is 0 Å². The van der Waals surface area contributed by atoms with Gasteiger partial charge in [0.25, 0.3) is 0 Å². The van der Waals surface area contributed by atoms with Gasteiger partial charge in [0.1, 0.15) is 11.3 Å². The van der Waals surface area contributed by atoms with Crippen LogP contribution in [-0.4, -0.2) is 48.8 Å². The van der Waals surface area contributed by atoms with Gasteiger partial charge in [-0.25, -0.2) is 4.79 Å². The van der Waals surface area contributed by atoms with Crippen molar-refractivity contribution in [1.82, 2.24) is 4.90 Å². The van der Waals surface area contributed by atoms with E-state index in [4.69, 9.17) is 16.3 Å². The number of halogens is 1. The van der Waals surface area contributed by atoms with Crippen LogP contribution in [0.15, 0.2) is 18.2 Å². The van der Waals surface area contributed by atoms with Crippen LogP contribution in [0.3, 0.4) is 0 Å². The van der Waals surface area contributed by atoms with Gasteiger partial charge in [-0.05, 0) is 38.1 Å². The molecule has 0 radical (unpaired) electrons. The molecule has 1 saturated heterocycles. The number of methoxy groups -OCH3 is 1. The zero-order valence-corrected chi connectivity index (χ0v) is 12.4. The first kappa shape index (κ1) is 14.9. The molecule has 1 aliphatic heterocycles. The third kappa shape index (κ3) is 2.99. The number of benzene rings is 1. The minimum atomic E-state index is -0.926. The van der Waals surface area contributed by atoms with Crippen LogP contribution in [0.1, 0.15) is 12.8 Å². The van der Waals surface area contributed by atoms with Gasteiger partial charge in [-0.1, -0.05) is 11.6 Å². The minimum absolute atomic E-state index is 0.464. The Labute approximate surface area is 123 Å². The van der Waals surface area contributed by atoms with E-state index >= 15 is 0 Å². The van der Waals surface area contributed by atoms with Gasteiger partial charge in [0.2, 0.25) is 0 Å². The van der Waals surface area contributed by atoms with E-state index in [1.54, 1.807) is 25.3 Å². The number of nitrogens with zero attached hydrogens (tertiary/aromatic N) is 1. The Hall–Kier alpha value is -1.46. The average molecular weight is 299 g/mol. The van der Waals surface area contributed by atoms with E-state index in [9.17, 15) is 9.90 Å². The number of piperidine rings is 1. The number of carbonyl (C=O) groups is 1. The molecule has 0 bridgehead atoms. The van der Waals surface area contributed by atoms with Crippen LogP contribution >= 0.6 is 11.6 Å². The number of carboxylic acids is 1. The van der Waals surface area contributed by atoms with Gasteiger partial charge in [-0.2, -0.15) is 0 Å². The normalized spacial score (nSPS) is 18.6. The summed E-state index contributed by atoms with van der Waals surface area (Å²) in [5.74, 6) is -0.248. The molecule has 0 spiro atoms. The lowest BCUT2D eigenvalue weighted by molar-refractivity contribution is -0.143. The van der Waals surface area contributed by atoms with E-state index in [1.807, 2.05) is 7.05 Å². The lowest BCUT2D eigenvalue weighted by Gasteiger charge is -2.38. The van der Waals surface area contributed by atoms with Crippen LogP contribution in [0.2, 0.25) is 5.02 Å². The highest BCUT2D eigenvalue weighted by atomic mass is 35.5. The van der Waals surface area contributed by atoms with Crippen LogP contribution in [0, 0.1) is 0 Å². The fraction of sp³-hybridized carbons (Fsp3) is 0.500. The number of aliphatic carboxylic acids is 1. The molecule has 0 saturated carbocycles. The van der Waals surface area contributed by atoms with Crippen molar-refractivity contribution >= 4 is 23.3 Å². The van der Waals surface area contributed by atoms with Crippen molar-refractivity contribution in [3.63, 3.8) is 0 Å². The van der Waals surface area contributed by atoms with Crippen LogP contribution in [0.25, 0.3) is 0 Å². The lowest BCUT2D eigenvalue weighted by Crippen LogP contribution is -2.53. The Bertz CT molecular complexity index is 499. The summed E-state index contributed by atoms with van der Waals surface area (Å²) in [7, 11) is 3.54. The molecule has 1 fully saturated rings. The van der Waals surface area contributed by atoms with Crippen LogP contribution in [-0.2, 0) is 4.79 Å². The van der Waals surface area contributed by atoms with Crippen molar-refractivity contribution in [1.29, 1.82) is 0 Å². The molecule has 20 heavy (non-hydrogen) atoms. The maximum Gasteiger partial charge on any atom is 0.329 e. The summed E-state index contributed by atoms with van der Waals surface area (Å²) in [5.41, 5.74) is -0.229. The SMILES string of the molecule is COc1ccc(NC2(C(=O)O)CCN(C)CC2)cc1Cl. The molecule has 110 valence electrons. The van der Waals surface area contributed by atoms with Gasteiger partial charge < -0.3 is 20.1 Å². The van der Waals surface area contributed by atoms with E-state index in [1.165, 1.54) is 0 Å². The van der Waals surface area contributed by atoms with Crippen molar-refractivity contribution in [2.75, 3.05) is 32.6 Å². The molecule has 1 aliphatic rings. The maximum atomic E-state index is 11.7. The number of nitrogens with one attached hydrogen (secondary N) is 1. The topological polar surface area (TPSA) is 61.8 Å². The standard InChI is InChI=1S/C14H19ClN2O3/c1-17-7-5-14(6-8-17,13(18)19)16-10-3-4-12(20-2)11(15)9-10/h3-4,9,16H,5-8H2,1-2H3,(H,18,19). The number of rotatable bonds is 4. The molecule has 6 heteroatoms. The van der Waals surface area contributed by atoms with Crippen molar-refractivity contribution in [3.05, 3.63) is 23.2 Å². The van der Waals surface area contributed by atoms with E-state index in [2.05, 4.69) is 10.2 Å². The summed E-state index contributed by atoms with van der Waals surface area (Å²) in [5, 5.41) is 13.2. The predicted octanol–water partition coefficient (Wildman–Crippen LogP) is 2.31. The summed E-state index contributed by atoms with van der Waals surface area (Å²) in [4.78, 5) is 13.8.